The molecule has 1 heterocycles. The van der Waals surface area contributed by atoms with Crippen molar-refractivity contribution < 1.29 is 9.53 Å². The molecule has 0 atom stereocenters. The van der Waals surface area contributed by atoms with Gasteiger partial charge in [-0.05, 0) is 43.5 Å². The van der Waals surface area contributed by atoms with Crippen LogP contribution in [0.25, 0.3) is 11.3 Å². The third-order valence-corrected chi connectivity index (χ3v) is 5.20. The summed E-state index contributed by atoms with van der Waals surface area (Å²) >= 11 is 0. The number of hydrogen-bond donors (Lipinski definition) is 3. The molecule has 7 nitrogen and oxygen atoms in total. The molecule has 1 aromatic heterocycles. The van der Waals surface area contributed by atoms with Gasteiger partial charge in [-0.1, -0.05) is 44.0 Å². The molecule has 0 fully saturated rings. The molecule has 0 unspecified atom stereocenters. The van der Waals surface area contributed by atoms with E-state index >= 15 is 0 Å². The number of rotatable bonds is 11. The van der Waals surface area contributed by atoms with Crippen LogP contribution < -0.4 is 21.1 Å². The Morgan fingerprint density at radius 3 is 2.72 bits per heavy atom. The molecule has 0 aliphatic rings. The minimum absolute atomic E-state index is 0.200. The monoisotopic (exact) mass is 435 g/mol. The number of nitrogens with zero attached hydrogens (tertiary/aromatic N) is 2. The number of imidazole rings is 1. The summed E-state index contributed by atoms with van der Waals surface area (Å²) in [5, 5.41) is 5.85. The van der Waals surface area contributed by atoms with Gasteiger partial charge in [-0.25, -0.2) is 9.78 Å². The predicted octanol–water partition coefficient (Wildman–Crippen LogP) is 5.22. The number of ether oxygens (including phenoxy) is 1. The second-order valence-corrected chi connectivity index (χ2v) is 7.86. The lowest BCUT2D eigenvalue weighted by atomic mass is 10.1. The maximum absolute atomic E-state index is 12.2. The van der Waals surface area contributed by atoms with Crippen molar-refractivity contribution in [2.45, 2.75) is 46.1 Å². The zero-order chi connectivity index (χ0) is 22.8. The summed E-state index contributed by atoms with van der Waals surface area (Å²) in [5.41, 5.74) is 10.1. The second-order valence-electron chi connectivity index (χ2n) is 7.86. The Morgan fingerprint density at radius 1 is 1.12 bits per heavy atom. The molecule has 2 aromatic carbocycles. The molecule has 0 aliphatic heterocycles. The molecule has 0 saturated carbocycles. The van der Waals surface area contributed by atoms with Crippen LogP contribution in [0, 0.1) is 6.92 Å². The number of nitrogen functional groups attached to an aromatic ring is 1. The van der Waals surface area contributed by atoms with Crippen LogP contribution in [-0.4, -0.2) is 28.7 Å². The van der Waals surface area contributed by atoms with Crippen molar-refractivity contribution in [2.75, 3.05) is 24.2 Å². The lowest BCUT2D eigenvalue weighted by Crippen LogP contribution is -2.30. The van der Waals surface area contributed by atoms with Gasteiger partial charge in [0.15, 0.2) is 0 Å². The first kappa shape index (κ1) is 23.2. The fraction of sp³-hybridized carbons (Fsp3) is 0.360. The average Bonchev–Trinajstić information content (AvgIpc) is 3.26. The summed E-state index contributed by atoms with van der Waals surface area (Å²) < 4.78 is 8.05. The molecule has 0 saturated heterocycles. The fourth-order valence-corrected chi connectivity index (χ4v) is 3.37. The van der Waals surface area contributed by atoms with Gasteiger partial charge in [0.05, 0.1) is 24.3 Å². The summed E-state index contributed by atoms with van der Waals surface area (Å²) in [6.07, 6.45) is 7.88. The Hall–Kier alpha value is -3.48. The number of unbranched alkanes of at least 4 members (excludes halogenated alkanes) is 2. The van der Waals surface area contributed by atoms with Crippen molar-refractivity contribution in [1.29, 1.82) is 0 Å². The van der Waals surface area contributed by atoms with E-state index < -0.39 is 0 Å². The van der Waals surface area contributed by atoms with Crippen molar-refractivity contribution in [2.24, 2.45) is 0 Å². The van der Waals surface area contributed by atoms with Crippen LogP contribution in [0.5, 0.6) is 5.75 Å². The third kappa shape index (κ3) is 6.77. The first-order chi connectivity index (χ1) is 15.6. The average molecular weight is 436 g/mol. The van der Waals surface area contributed by atoms with E-state index in [4.69, 9.17) is 10.5 Å². The van der Waals surface area contributed by atoms with Gasteiger partial charge in [0.2, 0.25) is 0 Å². The number of carbonyl (C=O) groups excluding carboxylic acids is 1. The number of hydrogen-bond acceptors (Lipinski definition) is 4. The highest BCUT2D eigenvalue weighted by molar-refractivity contribution is 5.91. The Balaban J connectivity index is 1.49. The Kier molecular flexibility index (Phi) is 8.54. The summed E-state index contributed by atoms with van der Waals surface area (Å²) in [6, 6.07) is 13.3. The summed E-state index contributed by atoms with van der Waals surface area (Å²) in [5.74, 6) is 0.682. The van der Waals surface area contributed by atoms with Crippen molar-refractivity contribution in [3.8, 4) is 17.0 Å². The van der Waals surface area contributed by atoms with Gasteiger partial charge >= 0.3 is 6.03 Å². The minimum atomic E-state index is -0.200. The minimum Gasteiger partial charge on any atom is -0.491 e. The molecule has 32 heavy (non-hydrogen) atoms. The van der Waals surface area contributed by atoms with Crippen molar-refractivity contribution in [3.05, 3.63) is 60.6 Å². The number of anilines is 2. The molecular weight excluding hydrogens is 402 g/mol. The Morgan fingerprint density at radius 2 is 1.94 bits per heavy atom. The number of aromatic nitrogens is 2. The number of aryl methyl sites for hydroxylation is 2. The van der Waals surface area contributed by atoms with Gasteiger partial charge in [0.25, 0.3) is 0 Å². The fourth-order valence-electron chi connectivity index (χ4n) is 3.37. The SMILES string of the molecule is CCCCCNC(=O)Nc1c(C)cccc1OCCCn1cnc(-c2ccc(N)cc2)c1. The highest BCUT2D eigenvalue weighted by Gasteiger charge is 2.10. The molecule has 7 heteroatoms. The largest absolute Gasteiger partial charge is 0.491 e. The zero-order valence-electron chi connectivity index (χ0n) is 18.9. The molecule has 0 radical (unpaired) electrons. The van der Waals surface area contributed by atoms with Crippen LogP contribution in [-0.2, 0) is 6.54 Å². The first-order valence-corrected chi connectivity index (χ1v) is 11.2. The van der Waals surface area contributed by atoms with Crippen molar-refractivity contribution in [1.82, 2.24) is 14.9 Å². The Bertz CT molecular complexity index is 998. The van der Waals surface area contributed by atoms with Crippen LogP contribution in [0.3, 0.4) is 0 Å². The van der Waals surface area contributed by atoms with E-state index in [0.29, 0.717) is 24.6 Å². The summed E-state index contributed by atoms with van der Waals surface area (Å²) in [6.45, 7) is 6.09. The van der Waals surface area contributed by atoms with Crippen LogP contribution in [0.1, 0.15) is 38.2 Å². The van der Waals surface area contributed by atoms with Gasteiger partial charge in [0.1, 0.15) is 5.75 Å². The number of nitrogens with two attached hydrogens (primary N) is 1. The quantitative estimate of drug-likeness (QED) is 0.284. The number of nitrogens with one attached hydrogen (secondary N) is 2. The van der Waals surface area contributed by atoms with E-state index in [1.165, 1.54) is 0 Å². The number of urea groups is 1. The van der Waals surface area contributed by atoms with Crippen LogP contribution in [0.15, 0.2) is 55.0 Å². The molecule has 0 bridgehead atoms. The third-order valence-electron chi connectivity index (χ3n) is 5.20. The lowest BCUT2D eigenvalue weighted by molar-refractivity contribution is 0.251. The van der Waals surface area contributed by atoms with Crippen LogP contribution in [0.4, 0.5) is 16.2 Å². The molecule has 0 spiro atoms. The highest BCUT2D eigenvalue weighted by atomic mass is 16.5. The highest BCUT2D eigenvalue weighted by Crippen LogP contribution is 2.28. The van der Waals surface area contributed by atoms with E-state index in [1.807, 2.05) is 66.5 Å². The van der Waals surface area contributed by atoms with Gasteiger partial charge in [-0.2, -0.15) is 0 Å². The summed E-state index contributed by atoms with van der Waals surface area (Å²) in [7, 11) is 0. The van der Waals surface area contributed by atoms with Gasteiger partial charge in [-0.15, -0.1) is 0 Å². The van der Waals surface area contributed by atoms with Gasteiger partial charge < -0.3 is 25.7 Å². The molecule has 170 valence electrons. The molecule has 2 amide bonds. The number of para-hydroxylation sites is 1. The maximum Gasteiger partial charge on any atom is 0.319 e. The van der Waals surface area contributed by atoms with E-state index in [1.54, 1.807) is 0 Å². The van der Waals surface area contributed by atoms with E-state index in [0.717, 1.165) is 54.7 Å². The lowest BCUT2D eigenvalue weighted by Gasteiger charge is -2.15. The smallest absolute Gasteiger partial charge is 0.319 e. The maximum atomic E-state index is 12.2. The van der Waals surface area contributed by atoms with Gasteiger partial charge in [-0.3, -0.25) is 0 Å². The van der Waals surface area contributed by atoms with Gasteiger partial charge in [0, 0.05) is 30.5 Å². The first-order valence-electron chi connectivity index (χ1n) is 11.2. The zero-order valence-corrected chi connectivity index (χ0v) is 18.9. The second kappa shape index (κ2) is 11.8. The topological polar surface area (TPSA) is 94.2 Å². The Labute approximate surface area is 190 Å². The van der Waals surface area contributed by atoms with Crippen molar-refractivity contribution in [3.63, 3.8) is 0 Å². The van der Waals surface area contributed by atoms with Crippen LogP contribution in [0.2, 0.25) is 0 Å². The molecule has 3 aromatic rings. The molecular formula is C25H33N5O2. The number of amides is 2. The predicted molar refractivity (Wildman–Crippen MR) is 130 cm³/mol. The van der Waals surface area contributed by atoms with Crippen molar-refractivity contribution >= 4 is 17.4 Å². The molecule has 0 aliphatic carbocycles. The number of benzene rings is 2. The number of carbonyl (C=O) groups is 1. The normalized spacial score (nSPS) is 10.7. The molecule has 4 N–H and O–H groups in total. The summed E-state index contributed by atoms with van der Waals surface area (Å²) in [4.78, 5) is 16.7. The van der Waals surface area contributed by atoms with Crippen LogP contribution >= 0.6 is 0 Å². The van der Waals surface area contributed by atoms with E-state index in [2.05, 4.69) is 22.5 Å². The molecule has 3 rings (SSSR count). The van der Waals surface area contributed by atoms with E-state index in [9.17, 15) is 4.79 Å². The standard InChI is InChI=1S/C25H33N5O2/c1-3-4-5-14-27-25(31)29-24-19(2)8-6-9-23(24)32-16-7-15-30-17-22(28-18-30)20-10-12-21(26)13-11-20/h6,8-13,17-18H,3-5,7,14-16,26H2,1-2H3,(H2,27,29,31). The van der Waals surface area contributed by atoms with E-state index in [-0.39, 0.29) is 6.03 Å².